The lowest BCUT2D eigenvalue weighted by atomic mass is 10.0. The summed E-state index contributed by atoms with van der Waals surface area (Å²) >= 11 is 0. The van der Waals surface area contributed by atoms with Gasteiger partial charge >= 0.3 is 6.09 Å². The second-order valence-corrected chi connectivity index (χ2v) is 4.82. The summed E-state index contributed by atoms with van der Waals surface area (Å²) in [5.74, 6) is 0. The van der Waals surface area contributed by atoms with Gasteiger partial charge in [-0.3, -0.25) is 4.90 Å². The summed E-state index contributed by atoms with van der Waals surface area (Å²) in [6.07, 6.45) is 1.78. The van der Waals surface area contributed by atoms with Gasteiger partial charge in [-0.1, -0.05) is 42.0 Å². The normalized spacial score (nSPS) is 19.7. The van der Waals surface area contributed by atoms with Crippen LogP contribution in [0.15, 0.2) is 42.0 Å². The third-order valence-corrected chi connectivity index (χ3v) is 3.39. The first-order chi connectivity index (χ1) is 9.19. The highest BCUT2D eigenvalue weighted by Gasteiger charge is 2.21. The molecule has 1 aromatic carbocycles. The molecule has 0 radical (unpaired) electrons. The first-order valence-corrected chi connectivity index (χ1v) is 6.46. The first-order valence-electron chi connectivity index (χ1n) is 6.46. The zero-order chi connectivity index (χ0) is 13.7. The number of alkyl carbamates (subject to hydrolysis) is 1. The zero-order valence-electron chi connectivity index (χ0n) is 11.4. The molecule has 1 N–H and O–H groups in total. The van der Waals surface area contributed by atoms with E-state index in [2.05, 4.69) is 33.2 Å². The van der Waals surface area contributed by atoms with Crippen molar-refractivity contribution in [3.8, 4) is 0 Å². The smallest absolute Gasteiger partial charge is 0.407 e. The van der Waals surface area contributed by atoms with Crippen LogP contribution in [0, 0.1) is 0 Å². The Bertz CT molecular complexity index is 456. The van der Waals surface area contributed by atoms with Crippen LogP contribution in [-0.4, -0.2) is 37.2 Å². The molecule has 0 aromatic heterocycles. The number of benzene rings is 1. The Kier molecular flexibility index (Phi) is 4.58. The number of nitrogens with one attached hydrogen (secondary N) is 1. The molecule has 4 nitrogen and oxygen atoms in total. The summed E-state index contributed by atoms with van der Waals surface area (Å²) in [5, 5.41) is 2.86. The van der Waals surface area contributed by atoms with E-state index in [0.29, 0.717) is 0 Å². The number of hydrogen-bond acceptors (Lipinski definition) is 3. The van der Waals surface area contributed by atoms with Gasteiger partial charge in [0, 0.05) is 19.6 Å². The Morgan fingerprint density at radius 1 is 1.42 bits per heavy atom. The maximum atomic E-state index is 11.3. The molecule has 0 saturated heterocycles. The number of nitrogens with zero attached hydrogens (tertiary/aromatic N) is 1. The fourth-order valence-electron chi connectivity index (χ4n) is 2.22. The van der Waals surface area contributed by atoms with Crippen molar-refractivity contribution in [1.29, 1.82) is 0 Å². The van der Waals surface area contributed by atoms with E-state index in [9.17, 15) is 4.79 Å². The van der Waals surface area contributed by atoms with Crippen molar-refractivity contribution in [3.63, 3.8) is 0 Å². The minimum atomic E-state index is -0.376. The molecule has 1 atom stereocenters. The molecule has 0 bridgehead atoms. The van der Waals surface area contributed by atoms with Gasteiger partial charge in [-0.25, -0.2) is 4.79 Å². The van der Waals surface area contributed by atoms with Gasteiger partial charge < -0.3 is 10.1 Å². The number of methoxy groups -OCH3 is 1. The van der Waals surface area contributed by atoms with Gasteiger partial charge in [-0.05, 0) is 12.5 Å². The number of ether oxygens (including phenoxy) is 1. The highest BCUT2D eigenvalue weighted by atomic mass is 16.5. The maximum absolute atomic E-state index is 11.3. The van der Waals surface area contributed by atoms with Crippen molar-refractivity contribution in [1.82, 2.24) is 10.2 Å². The Hall–Kier alpha value is -1.81. The van der Waals surface area contributed by atoms with E-state index in [0.717, 1.165) is 19.6 Å². The predicted molar refractivity (Wildman–Crippen MR) is 74.8 cm³/mol. The molecule has 0 fully saturated rings. The maximum Gasteiger partial charge on any atom is 0.407 e. The van der Waals surface area contributed by atoms with Crippen LogP contribution in [0.4, 0.5) is 4.79 Å². The van der Waals surface area contributed by atoms with E-state index in [-0.39, 0.29) is 12.1 Å². The third-order valence-electron chi connectivity index (χ3n) is 3.39. The molecule has 1 aliphatic heterocycles. The van der Waals surface area contributed by atoms with Crippen molar-refractivity contribution >= 4 is 6.09 Å². The standard InChI is InChI=1S/C15H20N2O2/c1-12-8-9-17(10-13-6-4-3-5-7-13)11-14(12)16-15(18)19-2/h3-8,14H,9-11H2,1-2H3,(H,16,18)/t14-/m0/s1. The van der Waals surface area contributed by atoms with Gasteiger partial charge in [-0.15, -0.1) is 0 Å². The lowest BCUT2D eigenvalue weighted by Gasteiger charge is -2.32. The van der Waals surface area contributed by atoms with Gasteiger partial charge in [0.25, 0.3) is 0 Å². The van der Waals surface area contributed by atoms with Crippen molar-refractivity contribution < 1.29 is 9.53 Å². The molecule has 2 rings (SSSR count). The summed E-state index contributed by atoms with van der Waals surface area (Å²) in [6.45, 7) is 4.66. The fraction of sp³-hybridized carbons (Fsp3) is 0.400. The van der Waals surface area contributed by atoms with E-state index in [1.807, 2.05) is 25.1 Å². The second-order valence-electron chi connectivity index (χ2n) is 4.82. The van der Waals surface area contributed by atoms with E-state index in [1.54, 1.807) is 0 Å². The molecular weight excluding hydrogens is 240 g/mol. The molecule has 1 amide bonds. The SMILES string of the molecule is COC(=O)N[C@H]1CN(Cc2ccccc2)CC=C1C. The van der Waals surface area contributed by atoms with Crippen LogP contribution in [0.3, 0.4) is 0 Å². The molecular formula is C15H20N2O2. The van der Waals surface area contributed by atoms with Crippen LogP contribution in [0.2, 0.25) is 0 Å². The molecule has 0 spiro atoms. The lowest BCUT2D eigenvalue weighted by Crippen LogP contribution is -2.47. The van der Waals surface area contributed by atoms with E-state index < -0.39 is 0 Å². The molecule has 19 heavy (non-hydrogen) atoms. The van der Waals surface area contributed by atoms with Gasteiger partial charge in [0.05, 0.1) is 13.2 Å². The zero-order valence-corrected chi connectivity index (χ0v) is 11.4. The van der Waals surface area contributed by atoms with Crippen LogP contribution in [-0.2, 0) is 11.3 Å². The predicted octanol–water partition coefficient (Wildman–Crippen LogP) is 2.17. The number of amides is 1. The topological polar surface area (TPSA) is 41.6 Å². The van der Waals surface area contributed by atoms with Crippen molar-refractivity contribution in [2.45, 2.75) is 19.5 Å². The minimum absolute atomic E-state index is 0.0323. The molecule has 102 valence electrons. The van der Waals surface area contributed by atoms with Crippen molar-refractivity contribution in [2.24, 2.45) is 0 Å². The molecule has 0 saturated carbocycles. The molecule has 4 heteroatoms. The molecule has 1 aromatic rings. The largest absolute Gasteiger partial charge is 0.453 e. The van der Waals surface area contributed by atoms with E-state index in [1.165, 1.54) is 18.2 Å². The molecule has 1 aliphatic rings. The van der Waals surface area contributed by atoms with Gasteiger partial charge in [-0.2, -0.15) is 0 Å². The number of carbonyl (C=O) groups excluding carboxylic acids is 1. The van der Waals surface area contributed by atoms with Crippen LogP contribution in [0.5, 0.6) is 0 Å². The molecule has 0 aliphatic carbocycles. The van der Waals surface area contributed by atoms with Gasteiger partial charge in [0.1, 0.15) is 0 Å². The van der Waals surface area contributed by atoms with E-state index in [4.69, 9.17) is 0 Å². The second kappa shape index (κ2) is 6.38. The molecule has 1 heterocycles. The summed E-state index contributed by atoms with van der Waals surface area (Å²) in [7, 11) is 1.39. The van der Waals surface area contributed by atoms with Crippen LogP contribution < -0.4 is 5.32 Å². The van der Waals surface area contributed by atoms with Crippen molar-refractivity contribution in [3.05, 3.63) is 47.5 Å². The quantitative estimate of drug-likeness (QED) is 0.847. The Labute approximate surface area is 114 Å². The van der Waals surface area contributed by atoms with Crippen LogP contribution in [0.1, 0.15) is 12.5 Å². The average Bonchev–Trinajstić information content (AvgIpc) is 2.43. The van der Waals surface area contributed by atoms with Gasteiger partial charge in [0.15, 0.2) is 0 Å². The summed E-state index contributed by atoms with van der Waals surface area (Å²) in [4.78, 5) is 13.6. The summed E-state index contributed by atoms with van der Waals surface area (Å²) < 4.78 is 4.66. The highest BCUT2D eigenvalue weighted by Crippen LogP contribution is 2.14. The van der Waals surface area contributed by atoms with Crippen LogP contribution >= 0.6 is 0 Å². The van der Waals surface area contributed by atoms with Gasteiger partial charge in [0.2, 0.25) is 0 Å². The molecule has 0 unspecified atom stereocenters. The minimum Gasteiger partial charge on any atom is -0.453 e. The monoisotopic (exact) mass is 260 g/mol. The Morgan fingerprint density at radius 3 is 2.84 bits per heavy atom. The third kappa shape index (κ3) is 3.83. The fourth-order valence-corrected chi connectivity index (χ4v) is 2.22. The number of carbonyl (C=O) groups is 1. The van der Waals surface area contributed by atoms with Crippen LogP contribution in [0.25, 0.3) is 0 Å². The average molecular weight is 260 g/mol. The Morgan fingerprint density at radius 2 is 2.16 bits per heavy atom. The first kappa shape index (κ1) is 13.6. The number of hydrogen-bond donors (Lipinski definition) is 1. The lowest BCUT2D eigenvalue weighted by molar-refractivity contribution is 0.162. The Balaban J connectivity index is 1.96. The number of rotatable bonds is 3. The summed E-state index contributed by atoms with van der Waals surface area (Å²) in [6, 6.07) is 10.4. The van der Waals surface area contributed by atoms with E-state index >= 15 is 0 Å². The summed E-state index contributed by atoms with van der Waals surface area (Å²) in [5.41, 5.74) is 2.47. The highest BCUT2D eigenvalue weighted by molar-refractivity contribution is 5.68. The van der Waals surface area contributed by atoms with Crippen molar-refractivity contribution in [2.75, 3.05) is 20.2 Å².